The van der Waals surface area contributed by atoms with E-state index >= 15 is 0 Å². The van der Waals surface area contributed by atoms with Crippen LogP contribution < -0.4 is 0 Å². The average molecular weight is 317 g/mol. The minimum atomic E-state index is -0.294. The molecule has 0 rings (SSSR count). The Kier molecular flexibility index (Phi) is 15.5. The standard InChI is InChI=1S/C8H16O3S.Sb.3H/c1-2-3-4-10-5-6-11-8(9)7-12;;;;/h12H,2-7H2,1H3;;;;. The van der Waals surface area contributed by atoms with Gasteiger partial charge in [0.1, 0.15) is 6.61 Å². The summed E-state index contributed by atoms with van der Waals surface area (Å²) in [6.45, 7) is 3.67. The summed E-state index contributed by atoms with van der Waals surface area (Å²) in [7, 11) is 0. The van der Waals surface area contributed by atoms with E-state index in [2.05, 4.69) is 19.6 Å². The molecule has 5 heteroatoms. The van der Waals surface area contributed by atoms with Gasteiger partial charge < -0.3 is 9.47 Å². The topological polar surface area (TPSA) is 35.5 Å². The third-order valence-electron chi connectivity index (χ3n) is 1.26. The van der Waals surface area contributed by atoms with Crippen molar-refractivity contribution in [1.82, 2.24) is 0 Å². The van der Waals surface area contributed by atoms with Crippen LogP contribution in [0.5, 0.6) is 0 Å². The van der Waals surface area contributed by atoms with Crippen LogP contribution in [0.25, 0.3) is 0 Å². The van der Waals surface area contributed by atoms with Crippen molar-refractivity contribution in [3.63, 3.8) is 0 Å². The Balaban J connectivity index is 0. The van der Waals surface area contributed by atoms with Crippen LogP contribution in [0, 0.1) is 0 Å². The molecule has 0 amide bonds. The molecule has 0 spiro atoms. The molecule has 80 valence electrons. The molecule has 0 aliphatic carbocycles. The van der Waals surface area contributed by atoms with Crippen LogP contribution in [-0.2, 0) is 14.3 Å². The molecule has 0 saturated carbocycles. The molecule has 0 aromatic rings. The summed E-state index contributed by atoms with van der Waals surface area (Å²) in [4.78, 5) is 10.5. The second-order valence-corrected chi connectivity index (χ2v) is 2.66. The molecule has 0 aromatic heterocycles. The van der Waals surface area contributed by atoms with Gasteiger partial charge in [0.15, 0.2) is 0 Å². The van der Waals surface area contributed by atoms with Gasteiger partial charge in [-0.25, -0.2) is 0 Å². The molecule has 0 fully saturated rings. The van der Waals surface area contributed by atoms with Crippen LogP contribution >= 0.6 is 12.6 Å². The minimum absolute atomic E-state index is 0. The maximum absolute atomic E-state index is 10.5. The van der Waals surface area contributed by atoms with Gasteiger partial charge in [0, 0.05) is 6.61 Å². The van der Waals surface area contributed by atoms with Crippen molar-refractivity contribution in [2.45, 2.75) is 19.8 Å². The van der Waals surface area contributed by atoms with Gasteiger partial charge in [-0.05, 0) is 6.42 Å². The summed E-state index contributed by atoms with van der Waals surface area (Å²) >= 11 is 3.76. The number of rotatable bonds is 7. The Morgan fingerprint density at radius 3 is 2.54 bits per heavy atom. The van der Waals surface area contributed by atoms with Crippen LogP contribution in [0.4, 0.5) is 0 Å². The zero-order valence-corrected chi connectivity index (χ0v) is 13.1. The van der Waals surface area contributed by atoms with E-state index in [4.69, 9.17) is 9.47 Å². The molecule has 0 aromatic carbocycles. The molecule has 0 radical (unpaired) electrons. The van der Waals surface area contributed by atoms with Crippen molar-refractivity contribution < 1.29 is 14.3 Å². The van der Waals surface area contributed by atoms with Gasteiger partial charge in [-0.1, -0.05) is 13.3 Å². The van der Waals surface area contributed by atoms with Crippen LogP contribution in [0.1, 0.15) is 19.8 Å². The molecule has 0 atom stereocenters. The van der Waals surface area contributed by atoms with E-state index in [1.165, 1.54) is 0 Å². The molecule has 3 nitrogen and oxygen atoms in total. The van der Waals surface area contributed by atoms with E-state index in [1.807, 2.05) is 0 Å². The second-order valence-electron chi connectivity index (χ2n) is 2.34. The molecule has 0 saturated heterocycles. The van der Waals surface area contributed by atoms with E-state index in [9.17, 15) is 4.79 Å². The summed E-state index contributed by atoms with van der Waals surface area (Å²) in [6.07, 6.45) is 2.18. The average Bonchev–Trinajstić information content (AvgIpc) is 2.10. The Hall–Kier alpha value is 0.598. The number of thiol groups is 1. The van der Waals surface area contributed by atoms with Crippen molar-refractivity contribution in [1.29, 1.82) is 0 Å². The fraction of sp³-hybridized carbons (Fsp3) is 0.875. The van der Waals surface area contributed by atoms with Crippen LogP contribution in [0.3, 0.4) is 0 Å². The van der Waals surface area contributed by atoms with Gasteiger partial charge in [0.25, 0.3) is 0 Å². The molecular formula is C8H19O3SSb. The molecule has 0 bridgehead atoms. The first kappa shape index (κ1) is 16.0. The van der Waals surface area contributed by atoms with E-state index in [1.54, 1.807) is 0 Å². The van der Waals surface area contributed by atoms with Crippen molar-refractivity contribution in [3.8, 4) is 0 Å². The summed E-state index contributed by atoms with van der Waals surface area (Å²) in [5.74, 6) is -0.160. The number of unbranched alkanes of at least 4 members (excludes halogenated alkanes) is 1. The fourth-order valence-corrected chi connectivity index (χ4v) is 0.700. The number of carbonyl (C=O) groups is 1. The fourth-order valence-electron chi connectivity index (χ4n) is 0.609. The van der Waals surface area contributed by atoms with E-state index in [0.29, 0.717) is 13.2 Å². The first-order valence-electron chi connectivity index (χ1n) is 4.15. The van der Waals surface area contributed by atoms with Crippen molar-refractivity contribution in [2.24, 2.45) is 0 Å². The van der Waals surface area contributed by atoms with E-state index < -0.39 is 0 Å². The Labute approximate surface area is 102 Å². The Morgan fingerprint density at radius 2 is 2.00 bits per heavy atom. The molecule has 0 N–H and O–H groups in total. The normalized spacial score (nSPS) is 9.08. The second kappa shape index (κ2) is 12.6. The predicted octanol–water partition coefficient (Wildman–Crippen LogP) is 0.0922. The van der Waals surface area contributed by atoms with E-state index in [-0.39, 0.29) is 36.2 Å². The van der Waals surface area contributed by atoms with Gasteiger partial charge in [0.05, 0.1) is 12.4 Å². The summed E-state index contributed by atoms with van der Waals surface area (Å²) < 4.78 is 9.90. The first-order valence-corrected chi connectivity index (χ1v) is 4.78. The molecule has 0 heterocycles. The molecular weight excluding hydrogens is 298 g/mol. The maximum atomic E-state index is 10.5. The monoisotopic (exact) mass is 316 g/mol. The van der Waals surface area contributed by atoms with Gasteiger partial charge in [-0.3, -0.25) is 4.79 Å². The van der Waals surface area contributed by atoms with Crippen LogP contribution in [-0.4, -0.2) is 56.0 Å². The summed E-state index contributed by atoms with van der Waals surface area (Å²) in [6, 6.07) is 0. The number of esters is 1. The molecule has 0 aliphatic rings. The molecule has 0 unspecified atom stereocenters. The molecule has 13 heavy (non-hydrogen) atoms. The van der Waals surface area contributed by atoms with E-state index in [0.717, 1.165) is 19.4 Å². The quantitative estimate of drug-likeness (QED) is 0.313. The van der Waals surface area contributed by atoms with Crippen LogP contribution in [0.2, 0.25) is 0 Å². The first-order chi connectivity index (χ1) is 5.81. The van der Waals surface area contributed by atoms with Gasteiger partial charge in [0.2, 0.25) is 0 Å². The SMILES string of the molecule is CCCCOCCOC(=O)CS.[SbH3]. The van der Waals surface area contributed by atoms with Gasteiger partial charge >= 0.3 is 30.4 Å². The predicted molar refractivity (Wildman–Crippen MR) is 60.5 cm³/mol. The number of carbonyl (C=O) groups excluding carboxylic acids is 1. The third kappa shape index (κ3) is 12.6. The number of ether oxygens (including phenoxy) is 2. The zero-order chi connectivity index (χ0) is 9.23. The molecule has 0 aliphatic heterocycles. The Morgan fingerprint density at radius 1 is 1.31 bits per heavy atom. The third-order valence-corrected chi connectivity index (χ3v) is 1.52. The van der Waals surface area contributed by atoms with Crippen molar-refractivity contribution in [2.75, 3.05) is 25.6 Å². The van der Waals surface area contributed by atoms with Gasteiger partial charge in [-0.15, -0.1) is 0 Å². The van der Waals surface area contributed by atoms with Gasteiger partial charge in [-0.2, -0.15) is 12.6 Å². The summed E-state index contributed by atoms with van der Waals surface area (Å²) in [5.41, 5.74) is 0. The summed E-state index contributed by atoms with van der Waals surface area (Å²) in [5, 5.41) is 0. The zero-order valence-electron chi connectivity index (χ0n) is 8.12. The number of hydrogen-bond donors (Lipinski definition) is 1. The van der Waals surface area contributed by atoms with Crippen molar-refractivity contribution in [3.05, 3.63) is 0 Å². The number of hydrogen-bond acceptors (Lipinski definition) is 4. The van der Waals surface area contributed by atoms with Crippen LogP contribution in [0.15, 0.2) is 0 Å². The Bertz CT molecular complexity index is 122. The van der Waals surface area contributed by atoms with Crippen molar-refractivity contribution >= 4 is 43.0 Å².